The monoisotopic (exact) mass is 457 g/mol. The Morgan fingerprint density at radius 3 is 2.68 bits per heavy atom. The van der Waals surface area contributed by atoms with Gasteiger partial charge < -0.3 is 10.1 Å². The molecule has 0 aromatic carbocycles. The number of carbonyl (C=O) groups excluding carboxylic acids is 2. The van der Waals surface area contributed by atoms with Crippen molar-refractivity contribution >= 4 is 40.9 Å². The topological polar surface area (TPSA) is 120 Å². The zero-order valence-electron chi connectivity index (χ0n) is 16.4. The van der Waals surface area contributed by atoms with Gasteiger partial charge in [-0.3, -0.25) is 24.3 Å². The van der Waals surface area contributed by atoms with Crippen LogP contribution in [0.15, 0.2) is 34.3 Å². The number of aliphatic carboxylic acids is 1. The van der Waals surface area contributed by atoms with Gasteiger partial charge in [-0.15, -0.1) is 11.8 Å². The molecule has 160 valence electrons. The largest absolute Gasteiger partial charge is 0.480 e. The Labute approximate surface area is 185 Å². The number of hydrogen-bond acceptors (Lipinski definition) is 7. The molecular weight excluding hydrogens is 438 g/mol. The number of likely N-dealkylation sites (tertiary alicyclic amines) is 1. The van der Waals surface area contributed by atoms with Gasteiger partial charge in [0.2, 0.25) is 11.8 Å². The number of carbonyl (C=O) groups is 3. The lowest BCUT2D eigenvalue weighted by Crippen LogP contribution is -2.44. The smallest absolute Gasteiger partial charge is 0.326 e. The highest BCUT2D eigenvalue weighted by Crippen LogP contribution is 2.68. The second-order valence-corrected chi connectivity index (χ2v) is 11.0. The number of thiazole rings is 1. The lowest BCUT2D eigenvalue weighted by Gasteiger charge is -2.42. The van der Waals surface area contributed by atoms with Gasteiger partial charge >= 0.3 is 10.8 Å². The standard InChI is InChI=1S/C21H19N3O5S2/c1-7(20(27)28)24-18(25)13-9-5-10(14(13)19(24)26)15-12(9)11(8-3-2-4-22-6-8)16-17(30-15)23-21(29)31-16/h2-4,6-7,9-15H,5H2,1H3,(H,23,29)(H,27,28)/t7-,9-,10-,11-,12+,13-,14+,15-/m1/s1. The van der Waals surface area contributed by atoms with Crippen LogP contribution in [0.25, 0.3) is 0 Å². The van der Waals surface area contributed by atoms with Crippen molar-refractivity contribution in [2.24, 2.45) is 29.6 Å². The maximum absolute atomic E-state index is 13.3. The van der Waals surface area contributed by atoms with E-state index in [1.807, 2.05) is 18.3 Å². The number of nitrogens with zero attached hydrogens (tertiary/aromatic N) is 2. The van der Waals surface area contributed by atoms with Crippen LogP contribution in [0.3, 0.4) is 0 Å². The molecule has 0 spiro atoms. The Balaban J connectivity index is 1.46. The van der Waals surface area contributed by atoms with Crippen LogP contribution in [0.2, 0.25) is 0 Å². The molecule has 1 saturated heterocycles. The fraction of sp³-hybridized carbons (Fsp3) is 0.476. The maximum atomic E-state index is 13.3. The van der Waals surface area contributed by atoms with Gasteiger partial charge in [-0.25, -0.2) is 4.79 Å². The first-order valence-corrected chi connectivity index (χ1v) is 12.0. The number of imide groups is 1. The molecule has 31 heavy (non-hydrogen) atoms. The third kappa shape index (κ3) is 2.46. The molecule has 8 atom stereocenters. The molecule has 10 heteroatoms. The Kier molecular flexibility index (Phi) is 4.05. The van der Waals surface area contributed by atoms with E-state index in [0.29, 0.717) is 0 Å². The second kappa shape index (κ2) is 6.52. The lowest BCUT2D eigenvalue weighted by molar-refractivity contribution is -0.154. The summed E-state index contributed by atoms with van der Waals surface area (Å²) >= 11 is 2.82. The number of fused-ring (bicyclic) bond motifs is 9. The van der Waals surface area contributed by atoms with E-state index in [9.17, 15) is 24.3 Å². The highest BCUT2D eigenvalue weighted by molar-refractivity contribution is 8.00. The predicted molar refractivity (Wildman–Crippen MR) is 112 cm³/mol. The van der Waals surface area contributed by atoms with Gasteiger partial charge in [0.25, 0.3) is 0 Å². The van der Waals surface area contributed by atoms with Crippen LogP contribution in [-0.2, 0) is 14.4 Å². The number of carboxylic acids is 1. The number of carboxylic acid groups (broad SMARTS) is 1. The average molecular weight is 458 g/mol. The van der Waals surface area contributed by atoms with E-state index in [4.69, 9.17) is 0 Å². The molecule has 2 amide bonds. The van der Waals surface area contributed by atoms with Crippen LogP contribution in [0.4, 0.5) is 0 Å². The van der Waals surface area contributed by atoms with Gasteiger partial charge in [-0.2, -0.15) is 0 Å². The molecule has 2 bridgehead atoms. The van der Waals surface area contributed by atoms with E-state index in [-0.39, 0.29) is 45.6 Å². The van der Waals surface area contributed by atoms with Crippen LogP contribution in [0, 0.1) is 29.6 Å². The highest BCUT2D eigenvalue weighted by atomic mass is 32.2. The number of pyridine rings is 1. The van der Waals surface area contributed by atoms with Gasteiger partial charge in [0.05, 0.1) is 16.9 Å². The van der Waals surface area contributed by atoms with Crippen LogP contribution >= 0.6 is 23.1 Å². The van der Waals surface area contributed by atoms with Crippen molar-refractivity contribution in [3.63, 3.8) is 0 Å². The number of nitrogens with one attached hydrogen (secondary N) is 1. The van der Waals surface area contributed by atoms with Crippen molar-refractivity contribution in [3.05, 3.63) is 44.6 Å². The summed E-state index contributed by atoms with van der Waals surface area (Å²) in [6.07, 6.45) is 4.30. The molecule has 2 aliphatic carbocycles. The highest BCUT2D eigenvalue weighted by Gasteiger charge is 2.70. The second-order valence-electron chi connectivity index (χ2n) is 8.81. The summed E-state index contributed by atoms with van der Waals surface area (Å²) in [5, 5.41) is 10.4. The summed E-state index contributed by atoms with van der Waals surface area (Å²) in [6.45, 7) is 1.39. The summed E-state index contributed by atoms with van der Waals surface area (Å²) in [7, 11) is 0. The lowest BCUT2D eigenvalue weighted by atomic mass is 9.68. The Morgan fingerprint density at radius 1 is 1.26 bits per heavy atom. The quantitative estimate of drug-likeness (QED) is 0.674. The molecule has 6 rings (SSSR count). The number of rotatable bonds is 3. The van der Waals surface area contributed by atoms with E-state index < -0.39 is 23.8 Å². The van der Waals surface area contributed by atoms with E-state index in [0.717, 1.165) is 26.8 Å². The summed E-state index contributed by atoms with van der Waals surface area (Å²) in [6, 6.07) is 2.71. The molecule has 2 aromatic rings. The number of aromatic amines is 1. The first-order valence-electron chi connectivity index (χ1n) is 10.3. The van der Waals surface area contributed by atoms with Gasteiger partial charge in [-0.05, 0) is 42.7 Å². The summed E-state index contributed by atoms with van der Waals surface area (Å²) in [5.74, 6) is -2.81. The minimum atomic E-state index is -1.17. The third-order valence-corrected chi connectivity index (χ3v) is 10.1. The zero-order chi connectivity index (χ0) is 21.6. The van der Waals surface area contributed by atoms with Crippen molar-refractivity contribution in [2.75, 3.05) is 0 Å². The summed E-state index contributed by atoms with van der Waals surface area (Å²) < 4.78 is 0. The molecule has 2 aliphatic heterocycles. The number of aromatic nitrogens is 2. The van der Waals surface area contributed by atoms with Crippen LogP contribution < -0.4 is 4.87 Å². The van der Waals surface area contributed by atoms with Gasteiger partial charge in [-0.1, -0.05) is 17.4 Å². The molecule has 8 nitrogen and oxygen atoms in total. The van der Waals surface area contributed by atoms with Gasteiger partial charge in [0.15, 0.2) is 0 Å². The minimum Gasteiger partial charge on any atom is -0.480 e. The Morgan fingerprint density at radius 2 is 2.00 bits per heavy atom. The molecule has 2 saturated carbocycles. The molecule has 4 heterocycles. The predicted octanol–water partition coefficient (Wildman–Crippen LogP) is 1.78. The van der Waals surface area contributed by atoms with Crippen molar-refractivity contribution < 1.29 is 19.5 Å². The van der Waals surface area contributed by atoms with Crippen molar-refractivity contribution in [1.82, 2.24) is 14.9 Å². The Bertz CT molecular complexity index is 1180. The number of amides is 2. The maximum Gasteiger partial charge on any atom is 0.326 e. The van der Waals surface area contributed by atoms with Crippen molar-refractivity contribution in [3.8, 4) is 0 Å². The number of hydrogen-bond donors (Lipinski definition) is 2. The first-order chi connectivity index (χ1) is 14.9. The van der Waals surface area contributed by atoms with Crippen molar-refractivity contribution in [2.45, 2.75) is 35.6 Å². The van der Waals surface area contributed by atoms with Gasteiger partial charge in [0.1, 0.15) is 6.04 Å². The fourth-order valence-electron chi connectivity index (χ4n) is 6.47. The molecule has 3 fully saturated rings. The van der Waals surface area contributed by atoms with E-state index in [2.05, 4.69) is 9.97 Å². The normalized spacial score (nSPS) is 36.3. The molecule has 2 aromatic heterocycles. The van der Waals surface area contributed by atoms with Crippen LogP contribution in [0.5, 0.6) is 0 Å². The number of thioether (sulfide) groups is 1. The zero-order valence-corrected chi connectivity index (χ0v) is 18.1. The molecule has 2 N–H and O–H groups in total. The average Bonchev–Trinajstić information content (AvgIpc) is 3.47. The van der Waals surface area contributed by atoms with E-state index in [1.165, 1.54) is 18.3 Å². The molecular formula is C21H19N3O5S2. The van der Waals surface area contributed by atoms with E-state index in [1.54, 1.807) is 18.0 Å². The number of H-pyrrole nitrogens is 1. The van der Waals surface area contributed by atoms with Crippen LogP contribution in [-0.4, -0.2) is 49.0 Å². The molecule has 4 aliphatic rings. The first kappa shape index (κ1) is 19.2. The minimum absolute atomic E-state index is 0.0110. The summed E-state index contributed by atoms with van der Waals surface area (Å²) in [4.78, 5) is 59.2. The Hall–Kier alpha value is -2.46. The van der Waals surface area contributed by atoms with Crippen molar-refractivity contribution in [1.29, 1.82) is 0 Å². The third-order valence-electron chi connectivity index (χ3n) is 7.55. The fourth-order valence-corrected chi connectivity index (χ4v) is 9.35. The van der Waals surface area contributed by atoms with Crippen LogP contribution in [0.1, 0.15) is 29.7 Å². The SMILES string of the molecule is C[C@H](C(=O)O)N1C(=O)[C@@H]2[C@@H]3C[C@@H]([C@H]4Sc5[nH]c(=O)sc5[C@H](c5cccnc5)[C@H]34)[C@@H]2C1=O. The molecule has 0 unspecified atom stereocenters. The van der Waals surface area contributed by atoms with Gasteiger partial charge in [0, 0.05) is 28.4 Å². The van der Waals surface area contributed by atoms with E-state index >= 15 is 0 Å². The summed E-state index contributed by atoms with van der Waals surface area (Å²) in [5.41, 5.74) is 1.01. The molecule has 0 radical (unpaired) electrons.